The minimum absolute atomic E-state index is 0.673. The van der Waals surface area contributed by atoms with Gasteiger partial charge in [-0.2, -0.15) is 5.10 Å². The number of hydrogen-bond donors (Lipinski definition) is 1. The summed E-state index contributed by atoms with van der Waals surface area (Å²) in [6.07, 6.45) is 3.94. The van der Waals surface area contributed by atoms with Crippen molar-refractivity contribution >= 4 is 5.69 Å². The average molecular weight is 245 g/mol. The molecule has 0 unspecified atom stereocenters. The number of nitrogens with zero attached hydrogens (tertiary/aromatic N) is 2. The van der Waals surface area contributed by atoms with E-state index < -0.39 is 0 Å². The third-order valence-electron chi connectivity index (χ3n) is 2.68. The summed E-state index contributed by atoms with van der Waals surface area (Å²) in [5.74, 6) is 0.892. The van der Waals surface area contributed by atoms with Gasteiger partial charge in [0.2, 0.25) is 0 Å². The number of nitrogens with one attached hydrogen (secondary N) is 1. The Balaban J connectivity index is 2.01. The van der Waals surface area contributed by atoms with E-state index >= 15 is 0 Å². The zero-order valence-electron chi connectivity index (χ0n) is 10.9. The zero-order valence-corrected chi connectivity index (χ0v) is 10.9. The zero-order chi connectivity index (χ0) is 12.8. The van der Waals surface area contributed by atoms with E-state index in [9.17, 15) is 0 Å². The second-order valence-electron chi connectivity index (χ2n) is 3.99. The third kappa shape index (κ3) is 3.03. The van der Waals surface area contributed by atoms with E-state index in [1.807, 2.05) is 42.1 Å². The largest absolute Gasteiger partial charge is 0.492 e. The first-order valence-electron chi connectivity index (χ1n) is 6.30. The maximum atomic E-state index is 5.57. The SMILES string of the molecule is CCOc1ccccc1NCc1cnn(CC)c1. The molecule has 0 amide bonds. The van der Waals surface area contributed by atoms with Crippen molar-refractivity contribution in [3.8, 4) is 5.75 Å². The number of aromatic nitrogens is 2. The Hall–Kier alpha value is -1.97. The lowest BCUT2D eigenvalue weighted by molar-refractivity contribution is 0.341. The Bertz CT molecular complexity index is 493. The molecule has 1 aromatic carbocycles. The van der Waals surface area contributed by atoms with Crippen LogP contribution in [-0.4, -0.2) is 16.4 Å². The van der Waals surface area contributed by atoms with Gasteiger partial charge in [0.1, 0.15) is 5.75 Å². The predicted octanol–water partition coefficient (Wildman–Crippen LogP) is 2.91. The van der Waals surface area contributed by atoms with Crippen LogP contribution in [0.4, 0.5) is 5.69 Å². The summed E-state index contributed by atoms with van der Waals surface area (Å²) in [4.78, 5) is 0. The highest BCUT2D eigenvalue weighted by Crippen LogP contribution is 2.24. The molecule has 4 heteroatoms. The van der Waals surface area contributed by atoms with Gasteiger partial charge in [-0.1, -0.05) is 12.1 Å². The lowest BCUT2D eigenvalue weighted by atomic mass is 10.2. The summed E-state index contributed by atoms with van der Waals surface area (Å²) in [5.41, 5.74) is 2.19. The molecule has 0 aliphatic carbocycles. The molecule has 0 atom stereocenters. The van der Waals surface area contributed by atoms with Crippen LogP contribution in [0.25, 0.3) is 0 Å². The molecule has 96 valence electrons. The molecule has 0 saturated carbocycles. The van der Waals surface area contributed by atoms with Crippen molar-refractivity contribution in [2.45, 2.75) is 26.9 Å². The molecule has 0 spiro atoms. The van der Waals surface area contributed by atoms with Crippen molar-refractivity contribution in [2.75, 3.05) is 11.9 Å². The Morgan fingerprint density at radius 2 is 2.11 bits per heavy atom. The quantitative estimate of drug-likeness (QED) is 0.850. The van der Waals surface area contributed by atoms with Gasteiger partial charge in [0.25, 0.3) is 0 Å². The average Bonchev–Trinajstić information content (AvgIpc) is 2.86. The van der Waals surface area contributed by atoms with E-state index in [4.69, 9.17) is 4.74 Å². The Morgan fingerprint density at radius 1 is 1.28 bits per heavy atom. The molecule has 0 radical (unpaired) electrons. The van der Waals surface area contributed by atoms with Gasteiger partial charge in [-0.05, 0) is 26.0 Å². The number of benzene rings is 1. The van der Waals surface area contributed by atoms with E-state index in [-0.39, 0.29) is 0 Å². The number of aryl methyl sites for hydroxylation is 1. The Morgan fingerprint density at radius 3 is 2.83 bits per heavy atom. The minimum Gasteiger partial charge on any atom is -0.492 e. The molecule has 1 aromatic heterocycles. The monoisotopic (exact) mass is 245 g/mol. The highest BCUT2D eigenvalue weighted by molar-refractivity contribution is 5.56. The maximum Gasteiger partial charge on any atom is 0.142 e. The van der Waals surface area contributed by atoms with Crippen molar-refractivity contribution in [3.63, 3.8) is 0 Å². The van der Waals surface area contributed by atoms with Gasteiger partial charge in [0.05, 0.1) is 18.5 Å². The smallest absolute Gasteiger partial charge is 0.142 e. The maximum absolute atomic E-state index is 5.57. The molecule has 2 aromatic rings. The molecular formula is C14H19N3O. The van der Waals surface area contributed by atoms with Crippen LogP contribution < -0.4 is 10.1 Å². The predicted molar refractivity (Wildman–Crippen MR) is 72.8 cm³/mol. The van der Waals surface area contributed by atoms with Crippen molar-refractivity contribution in [3.05, 3.63) is 42.2 Å². The molecule has 4 nitrogen and oxygen atoms in total. The van der Waals surface area contributed by atoms with Gasteiger partial charge in [-0.15, -0.1) is 0 Å². The van der Waals surface area contributed by atoms with Crippen molar-refractivity contribution < 1.29 is 4.74 Å². The fourth-order valence-corrected chi connectivity index (χ4v) is 1.76. The van der Waals surface area contributed by atoms with Gasteiger partial charge in [0, 0.05) is 24.8 Å². The number of ether oxygens (including phenoxy) is 1. The summed E-state index contributed by atoms with van der Waals surface area (Å²) in [6.45, 7) is 6.39. The molecule has 0 aliphatic rings. The van der Waals surface area contributed by atoms with Crippen LogP contribution in [0.2, 0.25) is 0 Å². The first-order chi connectivity index (χ1) is 8.83. The lowest BCUT2D eigenvalue weighted by Crippen LogP contribution is -2.02. The first-order valence-corrected chi connectivity index (χ1v) is 6.30. The second kappa shape index (κ2) is 6.10. The highest BCUT2D eigenvalue weighted by Gasteiger charge is 2.02. The summed E-state index contributed by atoms with van der Waals surface area (Å²) in [5, 5.41) is 7.62. The standard InChI is InChI=1S/C14H19N3O/c1-3-17-11-12(10-16-17)9-15-13-7-5-6-8-14(13)18-4-2/h5-8,10-11,15H,3-4,9H2,1-2H3. The number of rotatable bonds is 6. The van der Waals surface area contributed by atoms with Gasteiger partial charge in [0.15, 0.2) is 0 Å². The van der Waals surface area contributed by atoms with Crippen LogP contribution in [0.15, 0.2) is 36.7 Å². The first kappa shape index (κ1) is 12.5. The molecule has 1 heterocycles. The fourth-order valence-electron chi connectivity index (χ4n) is 1.76. The summed E-state index contributed by atoms with van der Waals surface area (Å²) in [7, 11) is 0. The molecule has 0 bridgehead atoms. The van der Waals surface area contributed by atoms with E-state index in [1.54, 1.807) is 0 Å². The molecular weight excluding hydrogens is 226 g/mol. The lowest BCUT2D eigenvalue weighted by Gasteiger charge is -2.11. The van der Waals surface area contributed by atoms with Crippen LogP contribution in [0.3, 0.4) is 0 Å². The van der Waals surface area contributed by atoms with Crippen molar-refractivity contribution in [1.29, 1.82) is 0 Å². The minimum atomic E-state index is 0.673. The van der Waals surface area contributed by atoms with Crippen molar-refractivity contribution in [2.24, 2.45) is 0 Å². The normalized spacial score (nSPS) is 10.3. The fraction of sp³-hybridized carbons (Fsp3) is 0.357. The topological polar surface area (TPSA) is 39.1 Å². The summed E-state index contributed by atoms with van der Waals surface area (Å²) >= 11 is 0. The number of para-hydroxylation sites is 2. The van der Waals surface area contributed by atoms with Gasteiger partial charge >= 0.3 is 0 Å². The van der Waals surface area contributed by atoms with E-state index in [0.717, 1.165) is 24.5 Å². The van der Waals surface area contributed by atoms with Crippen LogP contribution in [0, 0.1) is 0 Å². The summed E-state index contributed by atoms with van der Waals surface area (Å²) < 4.78 is 7.49. The molecule has 0 saturated heterocycles. The van der Waals surface area contributed by atoms with Crippen molar-refractivity contribution in [1.82, 2.24) is 9.78 Å². The van der Waals surface area contributed by atoms with Crippen LogP contribution in [0.5, 0.6) is 5.75 Å². The Kier molecular flexibility index (Phi) is 4.23. The molecule has 0 aliphatic heterocycles. The third-order valence-corrected chi connectivity index (χ3v) is 2.68. The van der Waals surface area contributed by atoms with E-state index in [1.165, 1.54) is 5.56 Å². The molecule has 0 fully saturated rings. The van der Waals surface area contributed by atoms with Crippen LogP contribution >= 0.6 is 0 Å². The summed E-state index contributed by atoms with van der Waals surface area (Å²) in [6, 6.07) is 7.97. The van der Waals surface area contributed by atoms with E-state index in [2.05, 4.69) is 23.5 Å². The number of anilines is 1. The molecule has 1 N–H and O–H groups in total. The second-order valence-corrected chi connectivity index (χ2v) is 3.99. The van der Waals surface area contributed by atoms with Gasteiger partial charge in [-0.25, -0.2) is 0 Å². The van der Waals surface area contributed by atoms with E-state index in [0.29, 0.717) is 6.61 Å². The Labute approximate surface area is 108 Å². The van der Waals surface area contributed by atoms with Crippen LogP contribution in [0.1, 0.15) is 19.4 Å². The highest BCUT2D eigenvalue weighted by atomic mass is 16.5. The molecule has 18 heavy (non-hydrogen) atoms. The van der Waals surface area contributed by atoms with Crippen LogP contribution in [-0.2, 0) is 13.1 Å². The number of hydrogen-bond acceptors (Lipinski definition) is 3. The van der Waals surface area contributed by atoms with Gasteiger partial charge in [-0.3, -0.25) is 4.68 Å². The van der Waals surface area contributed by atoms with Gasteiger partial charge < -0.3 is 10.1 Å². The molecule has 2 rings (SSSR count).